The number of benzene rings is 1. The number of nitrogens with one attached hydrogen (secondary N) is 2. The highest BCUT2D eigenvalue weighted by Crippen LogP contribution is 2.22. The lowest BCUT2D eigenvalue weighted by Crippen LogP contribution is -2.43. The number of piperidine rings is 1. The molecule has 1 amide bonds. The van der Waals surface area contributed by atoms with Gasteiger partial charge in [0.2, 0.25) is 5.91 Å². The van der Waals surface area contributed by atoms with E-state index in [1.54, 1.807) is 11.3 Å². The SMILES string of the molecule is O=C(Nc1ccc2ncsc2c1)C1CCCCN1. The van der Waals surface area contributed by atoms with Gasteiger partial charge in [-0.2, -0.15) is 0 Å². The molecule has 1 aromatic heterocycles. The fourth-order valence-corrected chi connectivity index (χ4v) is 2.95. The van der Waals surface area contributed by atoms with E-state index < -0.39 is 0 Å². The van der Waals surface area contributed by atoms with E-state index in [1.807, 2.05) is 23.7 Å². The summed E-state index contributed by atoms with van der Waals surface area (Å²) < 4.78 is 1.10. The molecule has 0 aliphatic carbocycles. The predicted molar refractivity (Wildman–Crippen MR) is 73.9 cm³/mol. The molecule has 1 aromatic carbocycles. The number of carbonyl (C=O) groups is 1. The summed E-state index contributed by atoms with van der Waals surface area (Å²) in [6.45, 7) is 0.936. The fourth-order valence-electron chi connectivity index (χ4n) is 2.24. The van der Waals surface area contributed by atoms with Crippen molar-refractivity contribution in [1.29, 1.82) is 0 Å². The van der Waals surface area contributed by atoms with Crippen LogP contribution in [0.1, 0.15) is 19.3 Å². The average Bonchev–Trinajstić information content (AvgIpc) is 2.87. The monoisotopic (exact) mass is 261 g/mol. The van der Waals surface area contributed by atoms with Crippen LogP contribution in [-0.4, -0.2) is 23.5 Å². The minimum Gasteiger partial charge on any atom is -0.325 e. The van der Waals surface area contributed by atoms with Crippen LogP contribution in [0.3, 0.4) is 0 Å². The quantitative estimate of drug-likeness (QED) is 0.872. The first-order valence-corrected chi connectivity index (χ1v) is 7.08. The molecule has 0 bridgehead atoms. The fraction of sp³-hybridized carbons (Fsp3) is 0.385. The van der Waals surface area contributed by atoms with Gasteiger partial charge in [0.25, 0.3) is 0 Å². The van der Waals surface area contributed by atoms with Gasteiger partial charge in [-0.15, -0.1) is 11.3 Å². The molecule has 4 nitrogen and oxygen atoms in total. The van der Waals surface area contributed by atoms with Gasteiger partial charge in [-0.05, 0) is 37.6 Å². The maximum atomic E-state index is 12.1. The Bertz CT molecular complexity index is 560. The van der Waals surface area contributed by atoms with E-state index in [-0.39, 0.29) is 11.9 Å². The smallest absolute Gasteiger partial charge is 0.241 e. The summed E-state index contributed by atoms with van der Waals surface area (Å²) in [7, 11) is 0. The molecule has 1 atom stereocenters. The zero-order valence-corrected chi connectivity index (χ0v) is 10.8. The molecule has 94 valence electrons. The van der Waals surface area contributed by atoms with Crippen molar-refractivity contribution in [2.45, 2.75) is 25.3 Å². The number of thiazole rings is 1. The van der Waals surface area contributed by atoms with Crippen molar-refractivity contribution < 1.29 is 4.79 Å². The Kier molecular flexibility index (Phi) is 3.25. The first-order valence-electron chi connectivity index (χ1n) is 6.20. The Balaban J connectivity index is 1.72. The van der Waals surface area contributed by atoms with Gasteiger partial charge in [-0.25, -0.2) is 4.98 Å². The number of fused-ring (bicyclic) bond motifs is 1. The van der Waals surface area contributed by atoms with Crippen LogP contribution in [0.15, 0.2) is 23.7 Å². The van der Waals surface area contributed by atoms with E-state index in [9.17, 15) is 4.79 Å². The van der Waals surface area contributed by atoms with Crippen LogP contribution in [0.4, 0.5) is 5.69 Å². The number of hydrogen-bond donors (Lipinski definition) is 2. The Morgan fingerprint density at radius 1 is 1.44 bits per heavy atom. The number of nitrogens with zero attached hydrogens (tertiary/aromatic N) is 1. The third-order valence-corrected chi connectivity index (χ3v) is 4.02. The molecule has 0 radical (unpaired) electrons. The summed E-state index contributed by atoms with van der Waals surface area (Å²) in [5.74, 6) is 0.0681. The van der Waals surface area contributed by atoms with E-state index in [2.05, 4.69) is 15.6 Å². The second-order valence-corrected chi connectivity index (χ2v) is 5.41. The Hall–Kier alpha value is -1.46. The zero-order valence-electron chi connectivity index (χ0n) is 9.98. The van der Waals surface area contributed by atoms with Crippen molar-refractivity contribution >= 4 is 33.1 Å². The summed E-state index contributed by atoms with van der Waals surface area (Å²) >= 11 is 1.59. The molecule has 1 fully saturated rings. The number of hydrogen-bond acceptors (Lipinski definition) is 4. The van der Waals surface area contributed by atoms with Gasteiger partial charge in [0.1, 0.15) is 0 Å². The first kappa shape index (κ1) is 11.6. The van der Waals surface area contributed by atoms with Crippen molar-refractivity contribution in [3.63, 3.8) is 0 Å². The molecule has 1 aliphatic heterocycles. The van der Waals surface area contributed by atoms with Gasteiger partial charge < -0.3 is 10.6 Å². The maximum absolute atomic E-state index is 12.1. The topological polar surface area (TPSA) is 54.0 Å². The van der Waals surface area contributed by atoms with Crippen molar-refractivity contribution in [3.05, 3.63) is 23.7 Å². The van der Waals surface area contributed by atoms with Gasteiger partial charge in [0.15, 0.2) is 0 Å². The molecular formula is C13H15N3OS. The Morgan fingerprint density at radius 3 is 3.22 bits per heavy atom. The second-order valence-electron chi connectivity index (χ2n) is 4.53. The highest BCUT2D eigenvalue weighted by atomic mass is 32.1. The van der Waals surface area contributed by atoms with Crippen molar-refractivity contribution in [2.75, 3.05) is 11.9 Å². The van der Waals surface area contributed by atoms with Gasteiger partial charge in [-0.1, -0.05) is 6.42 Å². The lowest BCUT2D eigenvalue weighted by molar-refractivity contribution is -0.118. The number of rotatable bonds is 2. The van der Waals surface area contributed by atoms with E-state index in [4.69, 9.17) is 0 Å². The largest absolute Gasteiger partial charge is 0.325 e. The highest BCUT2D eigenvalue weighted by molar-refractivity contribution is 7.16. The minimum atomic E-state index is -0.0455. The summed E-state index contributed by atoms with van der Waals surface area (Å²) in [6, 6.07) is 5.78. The predicted octanol–water partition coefficient (Wildman–Crippen LogP) is 2.38. The molecule has 2 heterocycles. The van der Waals surface area contributed by atoms with Gasteiger partial charge in [-0.3, -0.25) is 4.79 Å². The Labute approximate surface area is 109 Å². The summed E-state index contributed by atoms with van der Waals surface area (Å²) in [6.07, 6.45) is 3.21. The second kappa shape index (κ2) is 5.04. The van der Waals surface area contributed by atoms with Crippen LogP contribution in [-0.2, 0) is 4.79 Å². The molecular weight excluding hydrogens is 246 g/mol. The van der Waals surface area contributed by atoms with E-state index >= 15 is 0 Å². The van der Waals surface area contributed by atoms with Crippen LogP contribution in [0.25, 0.3) is 10.2 Å². The van der Waals surface area contributed by atoms with Crippen LogP contribution < -0.4 is 10.6 Å². The number of aromatic nitrogens is 1. The number of anilines is 1. The molecule has 2 aromatic rings. The molecule has 3 rings (SSSR count). The maximum Gasteiger partial charge on any atom is 0.241 e. The van der Waals surface area contributed by atoms with Gasteiger partial charge >= 0.3 is 0 Å². The molecule has 0 saturated carbocycles. The van der Waals surface area contributed by atoms with Gasteiger partial charge in [0.05, 0.1) is 21.8 Å². The zero-order chi connectivity index (χ0) is 12.4. The van der Waals surface area contributed by atoms with Crippen LogP contribution in [0.5, 0.6) is 0 Å². The molecule has 0 spiro atoms. The van der Waals surface area contributed by atoms with Gasteiger partial charge in [0, 0.05) is 5.69 Å². The molecule has 18 heavy (non-hydrogen) atoms. The van der Waals surface area contributed by atoms with E-state index in [1.165, 1.54) is 0 Å². The summed E-state index contributed by atoms with van der Waals surface area (Å²) in [4.78, 5) is 16.3. The lowest BCUT2D eigenvalue weighted by Gasteiger charge is -2.22. The third-order valence-electron chi connectivity index (χ3n) is 3.23. The van der Waals surface area contributed by atoms with E-state index in [0.29, 0.717) is 0 Å². The summed E-state index contributed by atoms with van der Waals surface area (Å²) in [5.41, 5.74) is 3.65. The van der Waals surface area contributed by atoms with Crippen LogP contribution in [0.2, 0.25) is 0 Å². The molecule has 1 saturated heterocycles. The van der Waals surface area contributed by atoms with Crippen molar-refractivity contribution in [1.82, 2.24) is 10.3 Å². The van der Waals surface area contributed by atoms with Crippen LogP contribution in [0, 0.1) is 0 Å². The van der Waals surface area contributed by atoms with Crippen LogP contribution >= 0.6 is 11.3 Å². The third kappa shape index (κ3) is 2.37. The first-order chi connectivity index (χ1) is 8.83. The Morgan fingerprint density at radius 2 is 2.39 bits per heavy atom. The molecule has 5 heteroatoms. The number of amides is 1. The normalized spacial score (nSPS) is 19.9. The standard InChI is InChI=1S/C13H15N3OS/c17-13(11-3-1-2-6-14-11)16-9-4-5-10-12(7-9)18-8-15-10/h4-5,7-8,11,14H,1-3,6H2,(H,16,17). The van der Waals surface area contributed by atoms with E-state index in [0.717, 1.165) is 41.7 Å². The lowest BCUT2D eigenvalue weighted by atomic mass is 10.0. The average molecular weight is 261 g/mol. The number of carbonyl (C=O) groups excluding carboxylic acids is 1. The molecule has 1 unspecified atom stereocenters. The molecule has 2 N–H and O–H groups in total. The van der Waals surface area contributed by atoms with Crippen molar-refractivity contribution in [3.8, 4) is 0 Å². The minimum absolute atomic E-state index is 0.0455. The van der Waals surface area contributed by atoms with Crippen molar-refractivity contribution in [2.24, 2.45) is 0 Å². The summed E-state index contributed by atoms with van der Waals surface area (Å²) in [5, 5.41) is 6.22. The molecule has 1 aliphatic rings. The highest BCUT2D eigenvalue weighted by Gasteiger charge is 2.20.